The average molecular weight is 404 g/mol. The van der Waals surface area contributed by atoms with Gasteiger partial charge >= 0.3 is 0 Å². The Morgan fingerprint density at radius 2 is 1.93 bits per heavy atom. The molecule has 3 aromatic rings. The van der Waals surface area contributed by atoms with E-state index in [4.69, 9.17) is 10.7 Å². The van der Waals surface area contributed by atoms with Crippen LogP contribution in [0.2, 0.25) is 0 Å². The number of para-hydroxylation sites is 1. The number of hydrogen-bond donors (Lipinski definition) is 2. The summed E-state index contributed by atoms with van der Waals surface area (Å²) in [7, 11) is -3.22. The number of imidazole rings is 1. The maximum absolute atomic E-state index is 12.1. The van der Waals surface area contributed by atoms with E-state index in [2.05, 4.69) is 21.2 Å². The second-order valence-corrected chi connectivity index (χ2v) is 9.29. The molecule has 1 atom stereocenters. The molecule has 28 heavy (non-hydrogen) atoms. The van der Waals surface area contributed by atoms with E-state index >= 15 is 0 Å². The number of aryl methyl sites for hydroxylation is 2. The summed E-state index contributed by atoms with van der Waals surface area (Å²) >= 11 is 0. The van der Waals surface area contributed by atoms with E-state index in [0.717, 1.165) is 53.6 Å². The molecule has 0 radical (unpaired) electrons. The van der Waals surface area contributed by atoms with Gasteiger partial charge in [0.2, 0.25) is 10.0 Å². The number of rotatable bonds is 9. The van der Waals surface area contributed by atoms with E-state index in [1.54, 1.807) is 6.92 Å². The number of anilines is 1. The fraction of sp³-hybridized carbons (Fsp3) is 0.500. The molecule has 8 heteroatoms. The van der Waals surface area contributed by atoms with Crippen LogP contribution in [0, 0.1) is 0 Å². The van der Waals surface area contributed by atoms with Crippen molar-refractivity contribution in [2.24, 2.45) is 0 Å². The smallest absolute Gasteiger partial charge is 0.214 e. The van der Waals surface area contributed by atoms with Crippen molar-refractivity contribution < 1.29 is 8.42 Å². The lowest BCUT2D eigenvalue weighted by molar-refractivity contribution is 0.553. The van der Waals surface area contributed by atoms with Gasteiger partial charge in [0.1, 0.15) is 11.3 Å². The molecule has 152 valence electrons. The molecule has 0 saturated heterocycles. The monoisotopic (exact) mass is 403 g/mol. The van der Waals surface area contributed by atoms with E-state index in [-0.39, 0.29) is 5.25 Å². The molecule has 1 unspecified atom stereocenters. The first kappa shape index (κ1) is 20.5. The van der Waals surface area contributed by atoms with Gasteiger partial charge in [-0.2, -0.15) is 0 Å². The third-order valence-corrected chi connectivity index (χ3v) is 7.22. The van der Waals surface area contributed by atoms with Crippen molar-refractivity contribution in [1.82, 2.24) is 19.3 Å². The number of nitrogen functional groups attached to an aromatic ring is 1. The topological polar surface area (TPSA) is 103 Å². The Labute approximate surface area is 166 Å². The zero-order valence-electron chi connectivity index (χ0n) is 16.8. The second kappa shape index (κ2) is 8.45. The number of pyridine rings is 1. The van der Waals surface area contributed by atoms with Crippen molar-refractivity contribution in [2.45, 2.75) is 58.2 Å². The number of benzene rings is 1. The number of nitrogens with two attached hydrogens (primary N) is 1. The van der Waals surface area contributed by atoms with Crippen molar-refractivity contribution in [3.05, 3.63) is 30.1 Å². The Bertz CT molecular complexity index is 1080. The predicted molar refractivity (Wildman–Crippen MR) is 115 cm³/mol. The first-order chi connectivity index (χ1) is 13.4. The van der Waals surface area contributed by atoms with Crippen molar-refractivity contribution in [1.29, 1.82) is 0 Å². The molecular formula is C20H29N5O2S. The Morgan fingerprint density at radius 1 is 1.18 bits per heavy atom. The average Bonchev–Trinajstić information content (AvgIpc) is 3.06. The number of aromatic nitrogens is 3. The summed E-state index contributed by atoms with van der Waals surface area (Å²) < 4.78 is 29.0. The zero-order chi connectivity index (χ0) is 20.3. The van der Waals surface area contributed by atoms with Crippen LogP contribution >= 0.6 is 0 Å². The number of fused-ring (bicyclic) bond motifs is 3. The Hall–Kier alpha value is -2.19. The van der Waals surface area contributed by atoms with E-state index < -0.39 is 10.0 Å². The van der Waals surface area contributed by atoms with Gasteiger partial charge in [-0.25, -0.2) is 23.1 Å². The molecule has 0 spiro atoms. The Kier molecular flexibility index (Phi) is 6.20. The molecule has 2 aromatic heterocycles. The summed E-state index contributed by atoms with van der Waals surface area (Å²) in [6.45, 7) is 6.90. The zero-order valence-corrected chi connectivity index (χ0v) is 17.6. The van der Waals surface area contributed by atoms with E-state index in [1.807, 2.05) is 31.2 Å². The first-order valence-electron chi connectivity index (χ1n) is 9.90. The van der Waals surface area contributed by atoms with Crippen LogP contribution in [0.25, 0.3) is 21.9 Å². The van der Waals surface area contributed by atoms with Gasteiger partial charge in [-0.15, -0.1) is 0 Å². The maximum Gasteiger partial charge on any atom is 0.214 e. The van der Waals surface area contributed by atoms with Crippen LogP contribution in [-0.2, 0) is 23.0 Å². The van der Waals surface area contributed by atoms with Crippen molar-refractivity contribution in [2.75, 3.05) is 12.3 Å². The highest BCUT2D eigenvalue weighted by Crippen LogP contribution is 2.29. The molecular weight excluding hydrogens is 374 g/mol. The van der Waals surface area contributed by atoms with Gasteiger partial charge in [0, 0.05) is 24.9 Å². The Balaban J connectivity index is 1.79. The molecule has 0 amide bonds. The second-order valence-electron chi connectivity index (χ2n) is 7.11. The third-order valence-electron chi connectivity index (χ3n) is 5.22. The largest absolute Gasteiger partial charge is 0.382 e. The molecule has 0 aliphatic rings. The minimum atomic E-state index is -3.22. The lowest BCUT2D eigenvalue weighted by atomic mass is 10.2. The minimum Gasteiger partial charge on any atom is -0.382 e. The Morgan fingerprint density at radius 3 is 2.64 bits per heavy atom. The van der Waals surface area contributed by atoms with E-state index in [0.29, 0.717) is 18.8 Å². The molecule has 2 heterocycles. The van der Waals surface area contributed by atoms with Crippen LogP contribution in [0.1, 0.15) is 45.9 Å². The van der Waals surface area contributed by atoms with Crippen LogP contribution < -0.4 is 10.5 Å². The molecule has 7 nitrogen and oxygen atoms in total. The lowest BCUT2D eigenvalue weighted by Gasteiger charge is -2.13. The molecule has 3 N–H and O–H groups in total. The number of hydrogen-bond acceptors (Lipinski definition) is 5. The van der Waals surface area contributed by atoms with Crippen LogP contribution in [-0.4, -0.2) is 34.7 Å². The molecule has 3 rings (SSSR count). The standard InChI is InChI=1S/C20H29N5O2S/c1-4-14(3)28(26,27)22-12-8-9-13-25-17(5-2)24-18-19(25)15-10-6-7-11-16(15)23-20(18)21/h6-7,10-11,14,22H,4-5,8-9,12-13H2,1-3H3,(H2,21,23). The fourth-order valence-corrected chi connectivity index (χ4v) is 4.54. The summed E-state index contributed by atoms with van der Waals surface area (Å²) in [5, 5.41) is 0.676. The summed E-state index contributed by atoms with van der Waals surface area (Å²) in [5.41, 5.74) is 8.78. The third kappa shape index (κ3) is 3.98. The summed E-state index contributed by atoms with van der Waals surface area (Å²) in [6.07, 6.45) is 3.01. The quantitative estimate of drug-likeness (QED) is 0.534. The SMILES string of the molecule is CCc1nc2c(N)nc3ccccc3c2n1CCCCNS(=O)(=O)C(C)CC. The molecule has 0 aliphatic carbocycles. The molecule has 1 aromatic carbocycles. The minimum absolute atomic E-state index is 0.362. The summed E-state index contributed by atoms with van der Waals surface area (Å²) in [5.74, 6) is 1.42. The fourth-order valence-electron chi connectivity index (χ4n) is 3.39. The molecule has 0 saturated carbocycles. The first-order valence-corrected chi connectivity index (χ1v) is 11.5. The molecule has 0 aliphatic heterocycles. The van der Waals surface area contributed by atoms with Gasteiger partial charge in [-0.05, 0) is 32.3 Å². The number of unbranched alkanes of at least 4 members (excludes halogenated alkanes) is 1. The maximum atomic E-state index is 12.1. The molecule has 0 bridgehead atoms. The van der Waals surface area contributed by atoms with Gasteiger partial charge in [0.05, 0.1) is 16.3 Å². The normalized spacial score (nSPS) is 13.4. The van der Waals surface area contributed by atoms with Crippen molar-refractivity contribution in [3.8, 4) is 0 Å². The number of sulfonamides is 1. The highest BCUT2D eigenvalue weighted by Gasteiger charge is 2.18. The van der Waals surface area contributed by atoms with Gasteiger partial charge in [0.25, 0.3) is 0 Å². The van der Waals surface area contributed by atoms with Crippen LogP contribution in [0.5, 0.6) is 0 Å². The summed E-state index contributed by atoms with van der Waals surface area (Å²) in [4.78, 5) is 9.20. The van der Waals surface area contributed by atoms with E-state index in [9.17, 15) is 8.42 Å². The van der Waals surface area contributed by atoms with E-state index in [1.165, 1.54) is 0 Å². The van der Waals surface area contributed by atoms with Gasteiger partial charge in [-0.3, -0.25) is 0 Å². The van der Waals surface area contributed by atoms with Crippen molar-refractivity contribution >= 4 is 37.8 Å². The van der Waals surface area contributed by atoms with Crippen LogP contribution in [0.15, 0.2) is 24.3 Å². The lowest BCUT2D eigenvalue weighted by Crippen LogP contribution is -2.32. The van der Waals surface area contributed by atoms with Gasteiger partial charge < -0.3 is 10.3 Å². The van der Waals surface area contributed by atoms with Crippen LogP contribution in [0.4, 0.5) is 5.82 Å². The van der Waals surface area contributed by atoms with Crippen LogP contribution in [0.3, 0.4) is 0 Å². The highest BCUT2D eigenvalue weighted by atomic mass is 32.2. The van der Waals surface area contributed by atoms with Crippen molar-refractivity contribution in [3.63, 3.8) is 0 Å². The van der Waals surface area contributed by atoms with Gasteiger partial charge in [0.15, 0.2) is 5.82 Å². The number of nitrogens with zero attached hydrogens (tertiary/aromatic N) is 3. The number of nitrogens with one attached hydrogen (secondary N) is 1. The predicted octanol–water partition coefficient (Wildman–Crippen LogP) is 3.23. The summed E-state index contributed by atoms with van der Waals surface area (Å²) in [6, 6.07) is 7.94. The van der Waals surface area contributed by atoms with Gasteiger partial charge in [-0.1, -0.05) is 32.0 Å². The molecule has 0 fully saturated rings. The highest BCUT2D eigenvalue weighted by molar-refractivity contribution is 7.90.